The normalized spacial score (nSPS) is 25.4. The molecule has 0 spiro atoms. The van der Waals surface area contributed by atoms with E-state index in [1.54, 1.807) is 35.0 Å². The summed E-state index contributed by atoms with van der Waals surface area (Å²) in [6, 6.07) is 1.17. The Morgan fingerprint density at radius 2 is 2.19 bits per heavy atom. The lowest BCUT2D eigenvalue weighted by Gasteiger charge is -2.32. The Morgan fingerprint density at radius 1 is 1.38 bits per heavy atom. The monoisotopic (exact) mass is 357 g/mol. The first-order valence-electron chi connectivity index (χ1n) is 9.01. The molecule has 0 radical (unpaired) electrons. The van der Waals surface area contributed by atoms with Crippen molar-refractivity contribution in [2.24, 2.45) is 11.8 Å². The maximum absolute atomic E-state index is 12.6. The minimum atomic E-state index is -0.617. The lowest BCUT2D eigenvalue weighted by molar-refractivity contribution is -0.120. The van der Waals surface area contributed by atoms with Crippen LogP contribution in [0.25, 0.3) is 0 Å². The first kappa shape index (κ1) is 16.7. The Labute approximate surface area is 151 Å². The van der Waals surface area contributed by atoms with Crippen molar-refractivity contribution in [2.75, 3.05) is 11.9 Å². The lowest BCUT2D eigenvalue weighted by Crippen LogP contribution is -2.47. The summed E-state index contributed by atoms with van der Waals surface area (Å²) in [6.45, 7) is 3.59. The predicted molar refractivity (Wildman–Crippen MR) is 93.4 cm³/mol. The highest BCUT2D eigenvalue weighted by molar-refractivity contribution is 6.00. The maximum Gasteiger partial charge on any atom is 0.291 e. The van der Waals surface area contributed by atoms with Crippen LogP contribution in [0, 0.1) is 11.8 Å². The molecule has 2 aromatic heterocycles. The fraction of sp³-hybridized carbons (Fsp3) is 0.588. The second-order valence-corrected chi connectivity index (χ2v) is 7.36. The van der Waals surface area contributed by atoms with Gasteiger partial charge in [0.05, 0.1) is 6.20 Å². The van der Waals surface area contributed by atoms with Crippen LogP contribution in [-0.2, 0) is 17.9 Å². The molecule has 138 valence electrons. The van der Waals surface area contributed by atoms with Gasteiger partial charge in [-0.25, -0.2) is 9.67 Å². The van der Waals surface area contributed by atoms with Crippen molar-refractivity contribution in [1.82, 2.24) is 29.9 Å². The number of hydrogen-bond acceptors (Lipinski definition) is 5. The Kier molecular flexibility index (Phi) is 4.21. The first-order valence-corrected chi connectivity index (χ1v) is 9.01. The van der Waals surface area contributed by atoms with Crippen LogP contribution in [0.3, 0.4) is 0 Å². The number of likely N-dealkylation sites (N-methyl/N-ethyl adjacent to an activating group) is 1. The summed E-state index contributed by atoms with van der Waals surface area (Å²) in [6.07, 6.45) is 6.12. The van der Waals surface area contributed by atoms with Gasteiger partial charge in [0, 0.05) is 26.2 Å². The highest BCUT2D eigenvalue weighted by atomic mass is 16.2. The molecule has 0 bridgehead atoms. The number of amides is 2. The Bertz CT molecular complexity index is 821. The standard InChI is InChI=1S/C17H23N7O2/c1-11-7-12(8-11)9-23-10-18-15(21-23)16(25)20-13-4-6-24-14(3-5-19-24)22(2)17(13)26/h3,5,10-13H,4,6-9H2,1-2H3,(H,20,25)/t11?,12?,13-/m0/s1. The van der Waals surface area contributed by atoms with Crippen LogP contribution in [0.2, 0.25) is 0 Å². The Morgan fingerprint density at radius 3 is 2.96 bits per heavy atom. The van der Waals surface area contributed by atoms with Gasteiger partial charge >= 0.3 is 0 Å². The van der Waals surface area contributed by atoms with Gasteiger partial charge in [0.25, 0.3) is 11.8 Å². The van der Waals surface area contributed by atoms with Gasteiger partial charge in [-0.05, 0) is 31.1 Å². The maximum atomic E-state index is 12.6. The molecule has 2 aromatic rings. The van der Waals surface area contributed by atoms with E-state index in [-0.39, 0.29) is 11.7 Å². The molecule has 2 aliphatic rings. The van der Waals surface area contributed by atoms with Gasteiger partial charge < -0.3 is 5.32 Å². The molecule has 1 aliphatic heterocycles. The van der Waals surface area contributed by atoms with Gasteiger partial charge in [0.15, 0.2) is 0 Å². The highest BCUT2D eigenvalue weighted by Crippen LogP contribution is 2.33. The van der Waals surface area contributed by atoms with Crippen molar-refractivity contribution in [3.63, 3.8) is 0 Å². The van der Waals surface area contributed by atoms with Crippen molar-refractivity contribution >= 4 is 17.6 Å². The minimum absolute atomic E-state index is 0.106. The average molecular weight is 357 g/mol. The van der Waals surface area contributed by atoms with E-state index in [1.165, 1.54) is 17.7 Å². The molecule has 9 nitrogen and oxygen atoms in total. The van der Waals surface area contributed by atoms with E-state index in [1.807, 2.05) is 0 Å². The first-order chi connectivity index (χ1) is 12.5. The fourth-order valence-electron chi connectivity index (χ4n) is 3.83. The number of nitrogens with zero attached hydrogens (tertiary/aromatic N) is 6. The van der Waals surface area contributed by atoms with Gasteiger partial charge in [-0.1, -0.05) is 6.92 Å². The largest absolute Gasteiger partial charge is 0.337 e. The second-order valence-electron chi connectivity index (χ2n) is 7.36. The molecule has 1 saturated carbocycles. The van der Waals surface area contributed by atoms with Crippen molar-refractivity contribution in [3.05, 3.63) is 24.4 Å². The SMILES string of the molecule is CC1CC(Cn2cnc(C(=O)N[C@H]3CCn4nccc4N(C)C3=O)n2)C1. The third-order valence-corrected chi connectivity index (χ3v) is 5.26. The molecule has 9 heteroatoms. The third-order valence-electron chi connectivity index (χ3n) is 5.26. The van der Waals surface area contributed by atoms with Crippen molar-refractivity contribution in [1.29, 1.82) is 0 Å². The second kappa shape index (κ2) is 6.54. The zero-order valence-electron chi connectivity index (χ0n) is 15.0. The predicted octanol–water partition coefficient (Wildman–Crippen LogP) is 0.686. The van der Waals surface area contributed by atoms with E-state index in [2.05, 4.69) is 27.4 Å². The van der Waals surface area contributed by atoms with E-state index < -0.39 is 11.9 Å². The highest BCUT2D eigenvalue weighted by Gasteiger charge is 2.31. The van der Waals surface area contributed by atoms with Gasteiger partial charge in [0.1, 0.15) is 18.2 Å². The smallest absolute Gasteiger partial charge is 0.291 e. The van der Waals surface area contributed by atoms with Crippen LogP contribution in [0.15, 0.2) is 18.6 Å². The van der Waals surface area contributed by atoms with Gasteiger partial charge in [-0.2, -0.15) is 5.10 Å². The summed E-state index contributed by atoms with van der Waals surface area (Å²) in [4.78, 5) is 30.7. The number of anilines is 1. The fourth-order valence-corrected chi connectivity index (χ4v) is 3.83. The van der Waals surface area contributed by atoms with Crippen LogP contribution >= 0.6 is 0 Å². The Balaban J connectivity index is 1.39. The molecule has 1 N–H and O–H groups in total. The topological polar surface area (TPSA) is 97.9 Å². The van der Waals surface area contributed by atoms with Crippen molar-refractivity contribution in [3.8, 4) is 0 Å². The van der Waals surface area contributed by atoms with Crippen molar-refractivity contribution < 1.29 is 9.59 Å². The molecule has 4 rings (SSSR count). The summed E-state index contributed by atoms with van der Waals surface area (Å²) >= 11 is 0. The van der Waals surface area contributed by atoms with E-state index in [4.69, 9.17) is 0 Å². The van der Waals surface area contributed by atoms with Gasteiger partial charge in [-0.3, -0.25) is 19.2 Å². The summed E-state index contributed by atoms with van der Waals surface area (Å²) < 4.78 is 3.48. The third kappa shape index (κ3) is 3.09. The molecule has 0 saturated heterocycles. The number of fused-ring (bicyclic) bond motifs is 1. The number of aromatic nitrogens is 5. The zero-order valence-corrected chi connectivity index (χ0v) is 15.0. The lowest BCUT2D eigenvalue weighted by atomic mass is 9.76. The summed E-state index contributed by atoms with van der Waals surface area (Å²) in [5.74, 6) is 1.64. The summed E-state index contributed by atoms with van der Waals surface area (Å²) in [5.41, 5.74) is 0. The molecule has 0 unspecified atom stereocenters. The molecule has 2 amide bonds. The molecule has 3 heterocycles. The molecular formula is C17H23N7O2. The number of nitrogens with one attached hydrogen (secondary N) is 1. The average Bonchev–Trinajstić information content (AvgIpc) is 3.23. The summed E-state index contributed by atoms with van der Waals surface area (Å²) in [5, 5.41) is 11.2. The van der Waals surface area contributed by atoms with Crippen LogP contribution < -0.4 is 10.2 Å². The van der Waals surface area contributed by atoms with Crippen LogP contribution in [-0.4, -0.2) is 49.4 Å². The van der Waals surface area contributed by atoms with Crippen LogP contribution in [0.4, 0.5) is 5.82 Å². The Hall–Kier alpha value is -2.71. The molecule has 1 atom stereocenters. The minimum Gasteiger partial charge on any atom is -0.337 e. The van der Waals surface area contributed by atoms with E-state index in [9.17, 15) is 9.59 Å². The quantitative estimate of drug-likeness (QED) is 0.868. The zero-order chi connectivity index (χ0) is 18.3. The van der Waals surface area contributed by atoms with E-state index in [0.29, 0.717) is 18.9 Å². The van der Waals surface area contributed by atoms with E-state index in [0.717, 1.165) is 18.3 Å². The molecule has 1 fully saturated rings. The number of carbonyl (C=O) groups is 2. The number of hydrogen-bond donors (Lipinski definition) is 1. The van der Waals surface area contributed by atoms with Crippen LogP contribution in [0.5, 0.6) is 0 Å². The van der Waals surface area contributed by atoms with Gasteiger partial charge in [-0.15, -0.1) is 5.10 Å². The van der Waals surface area contributed by atoms with E-state index >= 15 is 0 Å². The number of carbonyl (C=O) groups excluding carboxylic acids is 2. The number of rotatable bonds is 4. The van der Waals surface area contributed by atoms with Crippen molar-refractivity contribution in [2.45, 2.75) is 45.3 Å². The van der Waals surface area contributed by atoms with Gasteiger partial charge in [0.2, 0.25) is 5.82 Å². The number of aryl methyl sites for hydroxylation is 1. The summed E-state index contributed by atoms with van der Waals surface area (Å²) in [7, 11) is 1.69. The molecule has 0 aromatic carbocycles. The van der Waals surface area contributed by atoms with Crippen LogP contribution in [0.1, 0.15) is 36.8 Å². The molecule has 1 aliphatic carbocycles. The molecule has 26 heavy (non-hydrogen) atoms. The molecular weight excluding hydrogens is 334 g/mol.